The Labute approximate surface area is 165 Å². The molecular weight excluding hydrogens is 360 g/mol. The highest BCUT2D eigenvalue weighted by atomic mass is 35.5. The Kier molecular flexibility index (Phi) is 5.92. The quantitative estimate of drug-likeness (QED) is 0.540. The minimum atomic E-state index is -0.0423. The van der Waals surface area contributed by atoms with Crippen LogP contribution in [0.15, 0.2) is 72.8 Å². The summed E-state index contributed by atoms with van der Waals surface area (Å²) in [4.78, 5) is 0. The van der Waals surface area contributed by atoms with Gasteiger partial charge in [0.2, 0.25) is 0 Å². The molecule has 0 saturated carbocycles. The van der Waals surface area contributed by atoms with Crippen LogP contribution >= 0.6 is 23.8 Å². The highest BCUT2D eigenvalue weighted by Gasteiger charge is 2.17. The van der Waals surface area contributed by atoms with Crippen LogP contribution in [0.2, 0.25) is 5.02 Å². The second-order valence-electron chi connectivity index (χ2n) is 6.28. The fourth-order valence-electron chi connectivity index (χ4n) is 2.99. The van der Waals surface area contributed by atoms with Crippen molar-refractivity contribution in [3.8, 4) is 0 Å². The standard InChI is InChI=1S/C22H21ClN2S/c1-15-12-13-18(16(2)14-15)21(17-8-4-3-5-9-17)25-22(26)24-20-11-7-6-10-19(20)23/h3-14,21H,1-2H3,(H2,24,25,26). The lowest BCUT2D eigenvalue weighted by Gasteiger charge is -2.24. The van der Waals surface area contributed by atoms with Gasteiger partial charge in [0.15, 0.2) is 5.11 Å². The summed E-state index contributed by atoms with van der Waals surface area (Å²) in [6.45, 7) is 4.23. The molecule has 132 valence electrons. The average molecular weight is 381 g/mol. The van der Waals surface area contributed by atoms with Crippen molar-refractivity contribution in [3.05, 3.63) is 100 Å². The smallest absolute Gasteiger partial charge is 0.171 e. The first kappa shape index (κ1) is 18.4. The van der Waals surface area contributed by atoms with Crippen molar-refractivity contribution in [2.75, 3.05) is 5.32 Å². The van der Waals surface area contributed by atoms with E-state index < -0.39 is 0 Å². The van der Waals surface area contributed by atoms with Crippen LogP contribution in [0.25, 0.3) is 0 Å². The maximum absolute atomic E-state index is 6.23. The molecule has 0 saturated heterocycles. The molecule has 2 N–H and O–H groups in total. The molecule has 2 nitrogen and oxygen atoms in total. The van der Waals surface area contributed by atoms with E-state index in [1.54, 1.807) is 0 Å². The van der Waals surface area contributed by atoms with Gasteiger partial charge in [0.05, 0.1) is 16.8 Å². The number of hydrogen-bond acceptors (Lipinski definition) is 1. The van der Waals surface area contributed by atoms with Crippen LogP contribution in [-0.4, -0.2) is 5.11 Å². The summed E-state index contributed by atoms with van der Waals surface area (Å²) >= 11 is 11.8. The number of thiocarbonyl (C=S) groups is 1. The lowest BCUT2D eigenvalue weighted by atomic mass is 9.94. The van der Waals surface area contributed by atoms with E-state index in [0.29, 0.717) is 10.1 Å². The number of para-hydroxylation sites is 1. The Morgan fingerprint density at radius 1 is 0.923 bits per heavy atom. The minimum Gasteiger partial charge on any atom is -0.352 e. The number of rotatable bonds is 4. The number of hydrogen-bond donors (Lipinski definition) is 2. The van der Waals surface area contributed by atoms with Crippen LogP contribution in [0.5, 0.6) is 0 Å². The van der Waals surface area contributed by atoms with Gasteiger partial charge in [-0.3, -0.25) is 0 Å². The van der Waals surface area contributed by atoms with E-state index in [2.05, 4.69) is 54.8 Å². The largest absolute Gasteiger partial charge is 0.352 e. The topological polar surface area (TPSA) is 24.1 Å². The predicted molar refractivity (Wildman–Crippen MR) is 115 cm³/mol. The zero-order valence-electron chi connectivity index (χ0n) is 14.8. The van der Waals surface area contributed by atoms with E-state index in [4.69, 9.17) is 23.8 Å². The van der Waals surface area contributed by atoms with Gasteiger partial charge in [-0.25, -0.2) is 0 Å². The van der Waals surface area contributed by atoms with Crippen molar-refractivity contribution >= 4 is 34.6 Å². The summed E-state index contributed by atoms with van der Waals surface area (Å²) in [5, 5.41) is 7.82. The van der Waals surface area contributed by atoms with Crippen molar-refractivity contribution in [2.45, 2.75) is 19.9 Å². The molecule has 3 aromatic rings. The molecule has 0 fully saturated rings. The van der Waals surface area contributed by atoms with Gasteiger partial charge >= 0.3 is 0 Å². The average Bonchev–Trinajstić information content (AvgIpc) is 2.63. The molecule has 3 rings (SSSR count). The minimum absolute atomic E-state index is 0.0423. The molecule has 4 heteroatoms. The summed E-state index contributed by atoms with van der Waals surface area (Å²) < 4.78 is 0. The van der Waals surface area contributed by atoms with Gasteiger partial charge in [-0.2, -0.15) is 0 Å². The molecule has 3 aromatic carbocycles. The van der Waals surface area contributed by atoms with Crippen molar-refractivity contribution in [3.63, 3.8) is 0 Å². The molecule has 1 atom stereocenters. The molecule has 0 heterocycles. The molecule has 26 heavy (non-hydrogen) atoms. The van der Waals surface area contributed by atoms with Gasteiger partial charge in [0.25, 0.3) is 0 Å². The predicted octanol–water partition coefficient (Wildman–Crippen LogP) is 6.03. The number of nitrogens with one attached hydrogen (secondary N) is 2. The van der Waals surface area contributed by atoms with E-state index >= 15 is 0 Å². The van der Waals surface area contributed by atoms with Crippen LogP contribution in [-0.2, 0) is 0 Å². The fourth-order valence-corrected chi connectivity index (χ4v) is 3.40. The molecule has 0 aliphatic heterocycles. The summed E-state index contributed by atoms with van der Waals surface area (Å²) in [6.07, 6.45) is 0. The molecular formula is C22H21ClN2S. The third kappa shape index (κ3) is 4.43. The summed E-state index contributed by atoms with van der Waals surface area (Å²) in [6, 6.07) is 24.3. The number of aryl methyl sites for hydroxylation is 2. The first-order chi connectivity index (χ1) is 12.5. The van der Waals surface area contributed by atoms with Gasteiger partial charge in [0.1, 0.15) is 0 Å². The van der Waals surface area contributed by atoms with Crippen LogP contribution in [0.3, 0.4) is 0 Å². The van der Waals surface area contributed by atoms with E-state index in [9.17, 15) is 0 Å². The molecule has 1 unspecified atom stereocenters. The normalized spacial score (nSPS) is 11.7. The highest BCUT2D eigenvalue weighted by molar-refractivity contribution is 7.80. The lowest BCUT2D eigenvalue weighted by Crippen LogP contribution is -2.33. The molecule has 0 aromatic heterocycles. The number of anilines is 1. The maximum Gasteiger partial charge on any atom is 0.171 e. The van der Waals surface area contributed by atoms with Crippen LogP contribution < -0.4 is 10.6 Å². The maximum atomic E-state index is 6.23. The molecule has 0 radical (unpaired) electrons. The van der Waals surface area contributed by atoms with E-state index in [1.807, 2.05) is 42.5 Å². The summed E-state index contributed by atoms with van der Waals surface area (Å²) in [5.41, 5.74) is 5.62. The van der Waals surface area contributed by atoms with E-state index in [1.165, 1.54) is 16.7 Å². The Balaban J connectivity index is 1.89. The van der Waals surface area contributed by atoms with Crippen molar-refractivity contribution < 1.29 is 0 Å². The Bertz CT molecular complexity index is 909. The Morgan fingerprint density at radius 3 is 2.31 bits per heavy atom. The van der Waals surface area contributed by atoms with Crippen LogP contribution in [0.4, 0.5) is 5.69 Å². The van der Waals surface area contributed by atoms with Gasteiger partial charge in [-0.05, 0) is 54.9 Å². The number of halogens is 1. The fraction of sp³-hybridized carbons (Fsp3) is 0.136. The van der Waals surface area contributed by atoms with E-state index in [-0.39, 0.29) is 6.04 Å². The first-order valence-electron chi connectivity index (χ1n) is 8.49. The zero-order valence-corrected chi connectivity index (χ0v) is 16.4. The summed E-state index contributed by atoms with van der Waals surface area (Å²) in [7, 11) is 0. The monoisotopic (exact) mass is 380 g/mol. The second-order valence-corrected chi connectivity index (χ2v) is 7.10. The number of benzene rings is 3. The Morgan fingerprint density at radius 2 is 1.62 bits per heavy atom. The Hall–Kier alpha value is -2.36. The molecule has 0 aliphatic rings. The van der Waals surface area contributed by atoms with Gasteiger partial charge < -0.3 is 10.6 Å². The molecule has 0 aliphatic carbocycles. The van der Waals surface area contributed by atoms with Crippen molar-refractivity contribution in [1.29, 1.82) is 0 Å². The highest BCUT2D eigenvalue weighted by Crippen LogP contribution is 2.26. The first-order valence-corrected chi connectivity index (χ1v) is 9.27. The van der Waals surface area contributed by atoms with Gasteiger partial charge in [0, 0.05) is 0 Å². The van der Waals surface area contributed by atoms with Crippen molar-refractivity contribution in [1.82, 2.24) is 5.32 Å². The van der Waals surface area contributed by atoms with Crippen LogP contribution in [0, 0.1) is 13.8 Å². The van der Waals surface area contributed by atoms with Crippen LogP contribution in [0.1, 0.15) is 28.3 Å². The SMILES string of the molecule is Cc1ccc(C(NC(=S)Nc2ccccc2Cl)c2ccccc2)c(C)c1. The molecule has 0 amide bonds. The van der Waals surface area contributed by atoms with Crippen molar-refractivity contribution in [2.24, 2.45) is 0 Å². The van der Waals surface area contributed by atoms with E-state index in [0.717, 1.165) is 11.3 Å². The molecule has 0 spiro atoms. The second kappa shape index (κ2) is 8.35. The zero-order chi connectivity index (χ0) is 18.5. The lowest BCUT2D eigenvalue weighted by molar-refractivity contribution is 0.762. The van der Waals surface area contributed by atoms with Gasteiger partial charge in [-0.15, -0.1) is 0 Å². The summed E-state index contributed by atoms with van der Waals surface area (Å²) in [5.74, 6) is 0. The third-order valence-corrected chi connectivity index (χ3v) is 4.82. The van der Waals surface area contributed by atoms with Gasteiger partial charge in [-0.1, -0.05) is 77.8 Å². The molecule has 0 bridgehead atoms. The third-order valence-electron chi connectivity index (χ3n) is 4.27.